The van der Waals surface area contributed by atoms with Crippen LogP contribution in [0.25, 0.3) is 0 Å². The number of benzene rings is 2. The van der Waals surface area contributed by atoms with Crippen LogP contribution in [0.3, 0.4) is 0 Å². The van der Waals surface area contributed by atoms with Gasteiger partial charge in [0.2, 0.25) is 0 Å². The van der Waals surface area contributed by atoms with Gasteiger partial charge in [-0.15, -0.1) is 0 Å². The van der Waals surface area contributed by atoms with Crippen molar-refractivity contribution in [2.75, 3.05) is 0 Å². The number of carbonyl (C=O) groups is 2. The van der Waals surface area contributed by atoms with E-state index in [1.54, 1.807) is 0 Å². The summed E-state index contributed by atoms with van der Waals surface area (Å²) >= 11 is 0. The van der Waals surface area contributed by atoms with Crippen LogP contribution in [-0.2, 0) is 5.41 Å². The number of carboxylic acid groups (broad SMARTS) is 2. The molecule has 0 saturated heterocycles. The van der Waals surface area contributed by atoms with Crippen LogP contribution in [0.1, 0.15) is 31.8 Å². The summed E-state index contributed by atoms with van der Waals surface area (Å²) in [6, 6.07) is 1.02. The van der Waals surface area contributed by atoms with Gasteiger partial charge in [0.1, 0.15) is 0 Å². The smallest absolute Gasteiger partial charge is 0.454 e. The summed E-state index contributed by atoms with van der Waals surface area (Å²) in [7, 11) is 0. The van der Waals surface area contributed by atoms with Gasteiger partial charge in [-0.1, -0.05) is 24.3 Å². The highest BCUT2D eigenvalue weighted by molar-refractivity contribution is 5.88. The van der Waals surface area contributed by atoms with Crippen LogP contribution in [-0.4, -0.2) is 46.3 Å². The molecule has 180 valence electrons. The molecule has 0 aliphatic carbocycles. The van der Waals surface area contributed by atoms with Crippen molar-refractivity contribution in [2.45, 2.75) is 29.6 Å². The lowest BCUT2D eigenvalue weighted by atomic mass is 9.64. The van der Waals surface area contributed by atoms with E-state index in [0.29, 0.717) is 0 Å². The molecule has 2 rings (SSSR count). The molecule has 0 atom stereocenters. The molecule has 2 N–H and O–H groups in total. The molecule has 0 bridgehead atoms. The standard InChI is InChI=1S/C19H10F10O4/c20-16(21,18(24,25)26)15(17(22,23)19(27,28)29,11-5-1-9(2-6-11)13(30)31)12-7-3-10(4-8-12)14(32)33/h1-8H,(H,30,31)(H,32,33). The van der Waals surface area contributed by atoms with E-state index in [0.717, 1.165) is 0 Å². The molecule has 0 unspecified atom stereocenters. The predicted molar refractivity (Wildman–Crippen MR) is 89.6 cm³/mol. The lowest BCUT2D eigenvalue weighted by Gasteiger charge is -2.46. The van der Waals surface area contributed by atoms with Gasteiger partial charge >= 0.3 is 36.1 Å². The summed E-state index contributed by atoms with van der Waals surface area (Å²) in [5.41, 5.74) is -10.9. The molecule has 2 aromatic carbocycles. The van der Waals surface area contributed by atoms with Gasteiger partial charge in [0, 0.05) is 0 Å². The number of rotatable bonds is 6. The Kier molecular flexibility index (Phi) is 6.22. The maximum atomic E-state index is 14.8. The van der Waals surface area contributed by atoms with Gasteiger partial charge in [0.15, 0.2) is 5.41 Å². The van der Waals surface area contributed by atoms with E-state index in [1.807, 2.05) is 0 Å². The fourth-order valence-electron chi connectivity index (χ4n) is 3.24. The maximum absolute atomic E-state index is 14.8. The average Bonchev–Trinajstić information content (AvgIpc) is 2.67. The minimum Gasteiger partial charge on any atom is -0.478 e. The van der Waals surface area contributed by atoms with Crippen LogP contribution >= 0.6 is 0 Å². The van der Waals surface area contributed by atoms with Crippen LogP contribution in [0, 0.1) is 0 Å². The minimum atomic E-state index is -6.96. The summed E-state index contributed by atoms with van der Waals surface area (Å²) in [4.78, 5) is 21.9. The topological polar surface area (TPSA) is 74.6 Å². The summed E-state index contributed by atoms with van der Waals surface area (Å²) in [5.74, 6) is -17.1. The van der Waals surface area contributed by atoms with E-state index in [-0.39, 0.29) is 48.5 Å². The fourth-order valence-corrected chi connectivity index (χ4v) is 3.24. The number of aromatic carboxylic acids is 2. The molecule has 14 heteroatoms. The van der Waals surface area contributed by atoms with Gasteiger partial charge in [0.05, 0.1) is 11.1 Å². The quantitative estimate of drug-likeness (QED) is 0.503. The molecule has 0 aromatic heterocycles. The normalized spacial score (nSPS) is 13.6. The van der Waals surface area contributed by atoms with Crippen molar-refractivity contribution in [1.29, 1.82) is 0 Å². The molecule has 0 fully saturated rings. The molecule has 0 aliphatic heterocycles. The number of carboxylic acids is 2. The van der Waals surface area contributed by atoms with Crippen LogP contribution in [0.15, 0.2) is 48.5 Å². The van der Waals surface area contributed by atoms with Crippen LogP contribution in [0.5, 0.6) is 0 Å². The molecule has 2 aromatic rings. The highest BCUT2D eigenvalue weighted by atomic mass is 19.4. The van der Waals surface area contributed by atoms with Gasteiger partial charge < -0.3 is 10.2 Å². The summed E-state index contributed by atoms with van der Waals surface area (Å²) in [5, 5.41) is 17.7. The van der Waals surface area contributed by atoms with Gasteiger partial charge in [-0.3, -0.25) is 0 Å². The molecule has 33 heavy (non-hydrogen) atoms. The first kappa shape index (κ1) is 25.9. The lowest BCUT2D eigenvalue weighted by Crippen LogP contribution is -2.68. The molecular weight excluding hydrogens is 482 g/mol. The molecule has 0 radical (unpaired) electrons. The first-order valence-corrected chi connectivity index (χ1v) is 8.39. The fraction of sp³-hybridized carbons (Fsp3) is 0.263. The monoisotopic (exact) mass is 492 g/mol. The van der Waals surface area contributed by atoms with E-state index in [2.05, 4.69) is 0 Å². The number of halogens is 10. The van der Waals surface area contributed by atoms with E-state index in [4.69, 9.17) is 10.2 Å². The molecular formula is C19H10F10O4. The Morgan fingerprint density at radius 2 is 0.758 bits per heavy atom. The summed E-state index contributed by atoms with van der Waals surface area (Å²) in [6.45, 7) is 0. The Bertz CT molecular complexity index is 953. The largest absolute Gasteiger partial charge is 0.478 e. The second-order valence-corrected chi connectivity index (χ2v) is 6.66. The van der Waals surface area contributed by atoms with Gasteiger partial charge in [-0.25, -0.2) is 9.59 Å². The molecule has 4 nitrogen and oxygen atoms in total. The zero-order chi connectivity index (χ0) is 25.6. The zero-order valence-electron chi connectivity index (χ0n) is 15.6. The molecule has 0 aliphatic rings. The van der Waals surface area contributed by atoms with Crippen molar-refractivity contribution in [3.63, 3.8) is 0 Å². The third-order valence-corrected chi connectivity index (χ3v) is 4.78. The van der Waals surface area contributed by atoms with E-state index >= 15 is 0 Å². The van der Waals surface area contributed by atoms with Crippen molar-refractivity contribution >= 4 is 11.9 Å². The third-order valence-electron chi connectivity index (χ3n) is 4.78. The van der Waals surface area contributed by atoms with E-state index in [9.17, 15) is 53.5 Å². The Morgan fingerprint density at radius 1 is 0.515 bits per heavy atom. The van der Waals surface area contributed by atoms with Crippen molar-refractivity contribution in [3.05, 3.63) is 70.8 Å². The van der Waals surface area contributed by atoms with Crippen molar-refractivity contribution in [1.82, 2.24) is 0 Å². The Balaban J connectivity index is 3.12. The number of hydrogen-bond acceptors (Lipinski definition) is 2. The SMILES string of the molecule is O=C(O)c1ccc(C(c2ccc(C(=O)O)cc2)(C(F)(F)C(F)(F)F)C(F)(F)C(F)(F)F)cc1. The zero-order valence-corrected chi connectivity index (χ0v) is 15.6. The van der Waals surface area contributed by atoms with Crippen molar-refractivity contribution in [2.24, 2.45) is 0 Å². The Morgan fingerprint density at radius 3 is 0.939 bits per heavy atom. The maximum Gasteiger partial charge on any atom is 0.454 e. The van der Waals surface area contributed by atoms with Crippen molar-refractivity contribution in [3.8, 4) is 0 Å². The van der Waals surface area contributed by atoms with Gasteiger partial charge in [-0.05, 0) is 35.4 Å². The van der Waals surface area contributed by atoms with Gasteiger partial charge in [0.25, 0.3) is 0 Å². The molecule has 0 heterocycles. The van der Waals surface area contributed by atoms with E-state index in [1.165, 1.54) is 0 Å². The van der Waals surface area contributed by atoms with Crippen molar-refractivity contribution < 1.29 is 63.7 Å². The molecule has 0 amide bonds. The van der Waals surface area contributed by atoms with Crippen LogP contribution < -0.4 is 0 Å². The summed E-state index contributed by atoms with van der Waals surface area (Å²) in [6.07, 6.45) is -13.9. The second kappa shape index (κ2) is 7.92. The van der Waals surface area contributed by atoms with Crippen LogP contribution in [0.4, 0.5) is 43.9 Å². The molecule has 0 spiro atoms. The van der Waals surface area contributed by atoms with E-state index < -0.39 is 63.8 Å². The number of alkyl halides is 10. The first-order chi connectivity index (χ1) is 14.8. The third kappa shape index (κ3) is 3.86. The highest BCUT2D eigenvalue weighted by Crippen LogP contribution is 2.63. The minimum absolute atomic E-state index is 0.0200. The molecule has 0 saturated carbocycles. The Labute approximate surface area is 177 Å². The first-order valence-electron chi connectivity index (χ1n) is 8.39. The van der Waals surface area contributed by atoms with Gasteiger partial charge in [-0.2, -0.15) is 43.9 Å². The number of hydrogen-bond donors (Lipinski definition) is 2. The highest BCUT2D eigenvalue weighted by Gasteiger charge is 2.85. The Hall–Kier alpha value is -3.32. The van der Waals surface area contributed by atoms with Crippen LogP contribution in [0.2, 0.25) is 0 Å². The second-order valence-electron chi connectivity index (χ2n) is 6.66. The summed E-state index contributed by atoms with van der Waals surface area (Å²) < 4.78 is 140. The predicted octanol–water partition coefficient (Wildman–Crippen LogP) is 5.76. The lowest BCUT2D eigenvalue weighted by molar-refractivity contribution is -0.375. The average molecular weight is 492 g/mol.